The third kappa shape index (κ3) is 9.16. The number of carbonyl (C=O) groups is 1. The minimum Gasteiger partial charge on any atom is -0.508 e. The highest BCUT2D eigenvalue weighted by Crippen LogP contribution is 2.55. The number of ether oxygens (including phenoxy) is 1. The Kier molecular flexibility index (Phi) is 12.4. The van der Waals surface area contributed by atoms with Crippen molar-refractivity contribution >= 4 is 17.7 Å². The number of rotatable bonds is 17. The lowest BCUT2D eigenvalue weighted by Crippen LogP contribution is -2.40. The average molecular weight is 633 g/mol. The fourth-order valence-electron chi connectivity index (χ4n) is 5.94. The molecule has 0 amide bonds. The van der Waals surface area contributed by atoms with Crippen LogP contribution >= 0.6 is 11.8 Å². The Morgan fingerprint density at radius 2 is 1.49 bits per heavy atom. The minimum absolute atomic E-state index is 0.125. The molecule has 2 aromatic carbocycles. The van der Waals surface area contributed by atoms with Crippen LogP contribution in [0.1, 0.15) is 94.1 Å². The number of carboxylic acid groups (broad SMARTS) is 1. The SMILES string of the molecule is CS[C@]1(c2ccc(O)cc2)COc2cc(O)ccc2[C@H]1CCCCCCCCCC(CCCC(F)(F)C(F)(F)F)C(=O)O. The van der Waals surface area contributed by atoms with Crippen LogP contribution in [0.3, 0.4) is 0 Å². The molecule has 0 spiro atoms. The molecular weight excluding hydrogens is 591 g/mol. The molecule has 0 aromatic heterocycles. The molecule has 240 valence electrons. The van der Waals surface area contributed by atoms with Crippen LogP contribution in [0.4, 0.5) is 22.0 Å². The van der Waals surface area contributed by atoms with Crippen molar-refractivity contribution in [2.45, 2.75) is 99.8 Å². The highest BCUT2D eigenvalue weighted by Gasteiger charge is 2.56. The number of phenolic OH excluding ortho intramolecular Hbond substituents is 2. The fraction of sp³-hybridized carbons (Fsp3) is 0.594. The van der Waals surface area contributed by atoms with Crippen LogP contribution < -0.4 is 4.74 Å². The summed E-state index contributed by atoms with van der Waals surface area (Å²) in [4.78, 5) is 11.4. The molecule has 0 aliphatic carbocycles. The van der Waals surface area contributed by atoms with Gasteiger partial charge in [-0.1, -0.05) is 63.1 Å². The average Bonchev–Trinajstić information content (AvgIpc) is 2.94. The molecule has 0 fully saturated rings. The van der Waals surface area contributed by atoms with Gasteiger partial charge in [-0.2, -0.15) is 22.0 Å². The van der Waals surface area contributed by atoms with E-state index >= 15 is 0 Å². The van der Waals surface area contributed by atoms with Gasteiger partial charge in [0.25, 0.3) is 0 Å². The Morgan fingerprint density at radius 3 is 2.09 bits per heavy atom. The molecule has 1 heterocycles. The molecule has 43 heavy (non-hydrogen) atoms. The smallest absolute Gasteiger partial charge is 0.453 e. The largest absolute Gasteiger partial charge is 0.508 e. The van der Waals surface area contributed by atoms with E-state index in [1.807, 2.05) is 18.2 Å². The molecule has 11 heteroatoms. The number of benzene rings is 2. The first-order valence-corrected chi connectivity index (χ1v) is 16.0. The molecule has 3 atom stereocenters. The Morgan fingerprint density at radius 1 is 0.907 bits per heavy atom. The van der Waals surface area contributed by atoms with Gasteiger partial charge in [0.05, 0.1) is 10.7 Å². The molecular formula is C32H41F5O5S. The van der Waals surface area contributed by atoms with Crippen molar-refractivity contribution in [3.05, 3.63) is 53.6 Å². The van der Waals surface area contributed by atoms with Crippen molar-refractivity contribution in [3.63, 3.8) is 0 Å². The summed E-state index contributed by atoms with van der Waals surface area (Å²) in [5, 5.41) is 29.2. The molecule has 1 aliphatic heterocycles. The predicted octanol–water partition coefficient (Wildman–Crippen LogP) is 9.41. The van der Waals surface area contributed by atoms with Crippen molar-refractivity contribution in [3.8, 4) is 17.2 Å². The van der Waals surface area contributed by atoms with Crippen LogP contribution in [0.25, 0.3) is 0 Å². The normalized spacial score (nSPS) is 19.4. The highest BCUT2D eigenvalue weighted by molar-refractivity contribution is 7.99. The van der Waals surface area contributed by atoms with Crippen molar-refractivity contribution in [1.82, 2.24) is 0 Å². The van der Waals surface area contributed by atoms with Gasteiger partial charge in [0.15, 0.2) is 0 Å². The van der Waals surface area contributed by atoms with Crippen molar-refractivity contribution < 1.29 is 46.8 Å². The quantitative estimate of drug-likeness (QED) is 0.119. The van der Waals surface area contributed by atoms with E-state index in [1.54, 1.807) is 36.0 Å². The van der Waals surface area contributed by atoms with Crippen LogP contribution in [0, 0.1) is 5.92 Å². The van der Waals surface area contributed by atoms with E-state index in [-0.39, 0.29) is 35.0 Å². The van der Waals surface area contributed by atoms with E-state index < -0.39 is 36.8 Å². The van der Waals surface area contributed by atoms with Crippen LogP contribution in [0.2, 0.25) is 0 Å². The van der Waals surface area contributed by atoms with E-state index in [4.69, 9.17) is 4.74 Å². The zero-order valence-electron chi connectivity index (χ0n) is 24.3. The summed E-state index contributed by atoms with van der Waals surface area (Å²) >= 11 is 1.72. The number of halogens is 5. The van der Waals surface area contributed by atoms with E-state index in [9.17, 15) is 42.1 Å². The lowest BCUT2D eigenvalue weighted by molar-refractivity contribution is -0.284. The van der Waals surface area contributed by atoms with Crippen molar-refractivity contribution in [2.24, 2.45) is 5.92 Å². The van der Waals surface area contributed by atoms with E-state index in [2.05, 4.69) is 6.26 Å². The molecule has 5 nitrogen and oxygen atoms in total. The zero-order valence-corrected chi connectivity index (χ0v) is 25.2. The predicted molar refractivity (Wildman–Crippen MR) is 157 cm³/mol. The van der Waals surface area contributed by atoms with Gasteiger partial charge in [-0.3, -0.25) is 4.79 Å². The molecule has 0 saturated carbocycles. The molecule has 0 radical (unpaired) electrons. The molecule has 1 aliphatic rings. The monoisotopic (exact) mass is 632 g/mol. The van der Waals surface area contributed by atoms with E-state index in [0.29, 0.717) is 18.8 Å². The minimum atomic E-state index is -5.62. The second-order valence-electron chi connectivity index (χ2n) is 11.4. The molecule has 2 aromatic rings. The van der Waals surface area contributed by atoms with Gasteiger partial charge in [-0.05, 0) is 61.3 Å². The number of aliphatic carboxylic acids is 1. The van der Waals surface area contributed by atoms with Crippen molar-refractivity contribution in [2.75, 3.05) is 12.9 Å². The number of alkyl halides is 5. The first-order chi connectivity index (χ1) is 20.3. The van der Waals surface area contributed by atoms with Crippen molar-refractivity contribution in [1.29, 1.82) is 0 Å². The number of unbranched alkanes of at least 4 members (excludes halogenated alkanes) is 6. The number of phenols is 2. The molecule has 0 saturated heterocycles. The lowest BCUT2D eigenvalue weighted by atomic mass is 9.76. The second-order valence-corrected chi connectivity index (χ2v) is 12.5. The van der Waals surface area contributed by atoms with Gasteiger partial charge in [0.2, 0.25) is 0 Å². The summed E-state index contributed by atoms with van der Waals surface area (Å²) in [7, 11) is 0. The number of aromatic hydroxyl groups is 2. The summed E-state index contributed by atoms with van der Waals surface area (Å²) < 4.78 is 68.9. The van der Waals surface area contributed by atoms with Crippen LogP contribution in [-0.2, 0) is 9.54 Å². The Balaban J connectivity index is 1.44. The van der Waals surface area contributed by atoms with Gasteiger partial charge in [0, 0.05) is 18.4 Å². The summed E-state index contributed by atoms with van der Waals surface area (Å²) in [5.41, 5.74) is 2.11. The number of hydrogen-bond acceptors (Lipinski definition) is 5. The Bertz CT molecular complexity index is 1170. The van der Waals surface area contributed by atoms with Gasteiger partial charge in [0.1, 0.15) is 23.9 Å². The zero-order chi connectivity index (χ0) is 31.7. The first kappa shape index (κ1) is 34.8. The van der Waals surface area contributed by atoms with Gasteiger partial charge < -0.3 is 20.1 Å². The number of fused-ring (bicyclic) bond motifs is 1. The Hall–Kier alpha value is -2.69. The van der Waals surface area contributed by atoms with Gasteiger partial charge in [-0.25, -0.2) is 0 Å². The molecule has 1 unspecified atom stereocenters. The van der Waals surface area contributed by atoms with E-state index in [1.165, 1.54) is 0 Å². The standard InChI is InChI=1S/C32H41F5O5S/c1-43-30(23-13-15-24(38)16-14-23)21-42-28-20-25(39)17-18-26(28)27(30)12-8-6-4-2-3-5-7-10-22(29(40)41)11-9-19-31(33,34)32(35,36)37/h13-18,20,22,27,38-39H,2-12,19,21H2,1H3,(H,40,41)/t22?,27-,30+/m1/s1. The maximum Gasteiger partial charge on any atom is 0.453 e. The maximum atomic E-state index is 13.1. The molecule has 3 rings (SSSR count). The summed E-state index contributed by atoms with van der Waals surface area (Å²) in [6.45, 7) is 0.433. The van der Waals surface area contributed by atoms with Crippen LogP contribution in [0.5, 0.6) is 17.2 Å². The van der Waals surface area contributed by atoms with Crippen LogP contribution in [-0.4, -0.2) is 46.3 Å². The summed E-state index contributed by atoms with van der Waals surface area (Å²) in [5.74, 6) is -5.72. The third-order valence-electron chi connectivity index (χ3n) is 8.45. The Labute approximate surface area is 253 Å². The van der Waals surface area contributed by atoms with Gasteiger partial charge in [-0.15, -0.1) is 11.8 Å². The lowest BCUT2D eigenvalue weighted by Gasteiger charge is -2.44. The maximum absolute atomic E-state index is 13.1. The van der Waals surface area contributed by atoms with Crippen LogP contribution in [0.15, 0.2) is 42.5 Å². The number of thioether (sulfide) groups is 1. The second kappa shape index (κ2) is 15.3. The van der Waals surface area contributed by atoms with E-state index in [0.717, 1.165) is 56.1 Å². The molecule has 3 N–H and O–H groups in total. The topological polar surface area (TPSA) is 87.0 Å². The first-order valence-electron chi connectivity index (χ1n) is 14.8. The highest BCUT2D eigenvalue weighted by atomic mass is 32.2. The molecule has 0 bridgehead atoms. The third-order valence-corrected chi connectivity index (χ3v) is 9.82. The number of carboxylic acids is 1. The van der Waals surface area contributed by atoms with Gasteiger partial charge >= 0.3 is 18.1 Å². The fourth-order valence-corrected chi connectivity index (χ4v) is 7.01. The number of hydrogen-bond donors (Lipinski definition) is 3. The summed E-state index contributed by atoms with van der Waals surface area (Å²) in [6, 6.07) is 12.5. The summed E-state index contributed by atoms with van der Waals surface area (Å²) in [6.07, 6.45) is 1.68.